The number of carbonyl (C=O) groups is 1. The Balaban J connectivity index is 2.54. The fraction of sp³-hybridized carbons (Fsp3) is 0.600. The van der Waals surface area contributed by atoms with Crippen molar-refractivity contribution in [2.24, 2.45) is 27.1 Å². The van der Waals surface area contributed by atoms with Gasteiger partial charge in [-0.3, -0.25) is 19.1 Å². The molecule has 172 valence electrons. The number of nitrogens with zero attached hydrogens (tertiary/aromatic N) is 5. The third-order valence-electron chi connectivity index (χ3n) is 5.16. The van der Waals surface area contributed by atoms with E-state index in [0.717, 1.165) is 12.8 Å². The van der Waals surface area contributed by atoms with Crippen LogP contribution in [0.5, 0.6) is 5.75 Å². The Kier molecular flexibility index (Phi) is 7.19. The molecule has 0 aliphatic carbocycles. The summed E-state index contributed by atoms with van der Waals surface area (Å²) in [5.74, 6) is -0.428. The second kappa shape index (κ2) is 9.27. The van der Waals surface area contributed by atoms with Gasteiger partial charge in [0.1, 0.15) is 11.4 Å². The average molecular weight is 436 g/mol. The summed E-state index contributed by atoms with van der Waals surface area (Å²) in [6.45, 7) is 6.18. The highest BCUT2D eigenvalue weighted by Gasteiger charge is 2.26. The topological polar surface area (TPSA) is 126 Å². The lowest BCUT2D eigenvalue weighted by molar-refractivity contribution is 0.0814. The molecule has 0 unspecified atom stereocenters. The molecule has 11 nitrogen and oxygen atoms in total. The molecule has 0 bridgehead atoms. The molecule has 1 amide bonds. The zero-order valence-electron chi connectivity index (χ0n) is 19.5. The number of carbonyl (C=O) groups excluding carboxylic acids is 1. The van der Waals surface area contributed by atoms with Crippen LogP contribution in [0, 0.1) is 5.92 Å². The number of aromatic hydroxyl groups is 1. The van der Waals surface area contributed by atoms with Crippen LogP contribution in [0.25, 0.3) is 0 Å². The van der Waals surface area contributed by atoms with Crippen LogP contribution in [-0.4, -0.2) is 55.2 Å². The summed E-state index contributed by atoms with van der Waals surface area (Å²) in [5.41, 5.74) is -0.869. The van der Waals surface area contributed by atoms with E-state index in [4.69, 9.17) is 0 Å². The summed E-state index contributed by atoms with van der Waals surface area (Å²) in [6.07, 6.45) is 1.77. The highest BCUT2D eigenvalue weighted by Crippen LogP contribution is 2.30. The molecule has 2 rings (SSSR count). The van der Waals surface area contributed by atoms with Crippen LogP contribution in [0.2, 0.25) is 0 Å². The van der Waals surface area contributed by atoms with Crippen LogP contribution in [0.4, 0.5) is 17.2 Å². The van der Waals surface area contributed by atoms with Gasteiger partial charge in [0, 0.05) is 41.3 Å². The number of aromatic nitrogens is 4. The van der Waals surface area contributed by atoms with E-state index in [9.17, 15) is 19.5 Å². The molecule has 0 aromatic carbocycles. The number of amides is 1. The highest BCUT2D eigenvalue weighted by molar-refractivity contribution is 5.97. The minimum Gasteiger partial charge on any atom is -0.503 e. The zero-order valence-corrected chi connectivity index (χ0v) is 19.5. The van der Waals surface area contributed by atoms with Gasteiger partial charge in [-0.1, -0.05) is 13.8 Å². The Morgan fingerprint density at radius 3 is 2.10 bits per heavy atom. The molecular formula is C20H33N7O4. The van der Waals surface area contributed by atoms with Crippen molar-refractivity contribution in [2.45, 2.75) is 39.7 Å². The Hall–Kier alpha value is -3.24. The largest absolute Gasteiger partial charge is 0.503 e. The van der Waals surface area contributed by atoms with Gasteiger partial charge in [0.2, 0.25) is 0 Å². The summed E-state index contributed by atoms with van der Waals surface area (Å²) in [7, 11) is 7.60. The first-order valence-corrected chi connectivity index (χ1v) is 10.2. The lowest BCUT2D eigenvalue weighted by atomic mass is 10.0. The fourth-order valence-corrected chi connectivity index (χ4v) is 3.13. The Bertz CT molecular complexity index is 1080. The molecular weight excluding hydrogens is 402 g/mol. The monoisotopic (exact) mass is 435 g/mol. The van der Waals surface area contributed by atoms with Gasteiger partial charge in [-0.2, -0.15) is 5.10 Å². The Morgan fingerprint density at radius 2 is 1.58 bits per heavy atom. The van der Waals surface area contributed by atoms with E-state index in [0.29, 0.717) is 5.92 Å². The van der Waals surface area contributed by atoms with E-state index < -0.39 is 22.8 Å². The molecule has 0 aliphatic rings. The second-order valence-electron chi connectivity index (χ2n) is 8.42. The van der Waals surface area contributed by atoms with Crippen molar-refractivity contribution in [3.05, 3.63) is 26.4 Å². The zero-order chi connectivity index (χ0) is 23.6. The summed E-state index contributed by atoms with van der Waals surface area (Å²) in [5, 5.41) is 20.6. The van der Waals surface area contributed by atoms with E-state index >= 15 is 0 Å². The minimum absolute atomic E-state index is 0.0343. The molecule has 2 aromatic rings. The van der Waals surface area contributed by atoms with E-state index in [1.54, 1.807) is 14.1 Å². The molecule has 11 heteroatoms. The van der Waals surface area contributed by atoms with Crippen LogP contribution in [0.3, 0.4) is 0 Å². The number of anilines is 3. The van der Waals surface area contributed by atoms with Crippen LogP contribution >= 0.6 is 0 Å². The van der Waals surface area contributed by atoms with Crippen molar-refractivity contribution < 1.29 is 9.90 Å². The minimum atomic E-state index is -0.480. The molecule has 3 N–H and O–H groups in total. The Labute approximate surface area is 181 Å². The fourth-order valence-electron chi connectivity index (χ4n) is 3.13. The molecule has 2 heterocycles. The summed E-state index contributed by atoms with van der Waals surface area (Å²) in [4.78, 5) is 39.6. The molecule has 0 saturated carbocycles. The van der Waals surface area contributed by atoms with Crippen LogP contribution in [0.1, 0.15) is 44.1 Å². The van der Waals surface area contributed by atoms with E-state index in [-0.39, 0.29) is 28.9 Å². The third kappa shape index (κ3) is 4.92. The van der Waals surface area contributed by atoms with Gasteiger partial charge in [0.15, 0.2) is 17.3 Å². The van der Waals surface area contributed by atoms with Gasteiger partial charge in [-0.15, -0.1) is 0 Å². The van der Waals surface area contributed by atoms with Crippen LogP contribution < -0.4 is 21.8 Å². The van der Waals surface area contributed by atoms with Crippen molar-refractivity contribution in [1.82, 2.24) is 24.0 Å². The van der Waals surface area contributed by atoms with Gasteiger partial charge in [-0.05, 0) is 25.7 Å². The molecule has 0 saturated heterocycles. The molecule has 0 aliphatic heterocycles. The van der Waals surface area contributed by atoms with Crippen molar-refractivity contribution >= 4 is 23.1 Å². The number of nitrogens with one attached hydrogen (secondary N) is 2. The number of rotatable bonds is 8. The average Bonchev–Trinajstić information content (AvgIpc) is 2.97. The van der Waals surface area contributed by atoms with Crippen molar-refractivity contribution in [3.63, 3.8) is 0 Å². The Morgan fingerprint density at radius 1 is 1.03 bits per heavy atom. The predicted molar refractivity (Wildman–Crippen MR) is 120 cm³/mol. The standard InChI is InChI=1S/C20H33N7O4/c1-11(2)9-10-12(3)21-13-14(19(30)27(8)26(7)18(13)29)22-17-16(28)15(25(6)23-17)20(31)24(4)5/h11-12,21,28H,9-10H2,1-8H3,(H,22,23)/t12-/m0/s1. The molecule has 31 heavy (non-hydrogen) atoms. The smallest absolute Gasteiger partial charge is 0.291 e. The van der Waals surface area contributed by atoms with Crippen LogP contribution in [0.15, 0.2) is 9.59 Å². The molecule has 0 spiro atoms. The SMILES string of the molecule is CC(C)CC[C@H](C)Nc1c(Nc2nn(C)c(C(=O)N(C)C)c2O)c(=O)n(C)n(C)c1=O. The summed E-state index contributed by atoms with van der Waals surface area (Å²) in [6, 6.07) is -0.0639. The van der Waals surface area contributed by atoms with Gasteiger partial charge >= 0.3 is 0 Å². The van der Waals surface area contributed by atoms with Gasteiger partial charge in [0.25, 0.3) is 17.0 Å². The van der Waals surface area contributed by atoms with Gasteiger partial charge < -0.3 is 20.6 Å². The van der Waals surface area contributed by atoms with E-state index in [1.165, 1.54) is 40.1 Å². The first kappa shape index (κ1) is 24.0. The first-order chi connectivity index (χ1) is 14.4. The lowest BCUT2D eigenvalue weighted by Gasteiger charge is -2.20. The maximum atomic E-state index is 13.0. The molecule has 0 radical (unpaired) electrons. The van der Waals surface area contributed by atoms with Crippen LogP contribution in [-0.2, 0) is 21.1 Å². The maximum absolute atomic E-state index is 13.0. The van der Waals surface area contributed by atoms with Gasteiger partial charge in [0.05, 0.1) is 0 Å². The molecule has 2 aromatic heterocycles. The summed E-state index contributed by atoms with van der Waals surface area (Å²) >= 11 is 0. The predicted octanol–water partition coefficient (Wildman–Crippen LogP) is 1.21. The lowest BCUT2D eigenvalue weighted by Crippen LogP contribution is -2.39. The first-order valence-electron chi connectivity index (χ1n) is 10.2. The summed E-state index contributed by atoms with van der Waals surface area (Å²) < 4.78 is 3.61. The molecule has 0 fully saturated rings. The van der Waals surface area contributed by atoms with E-state index in [2.05, 4.69) is 29.6 Å². The maximum Gasteiger partial charge on any atom is 0.291 e. The molecule has 1 atom stereocenters. The quantitative estimate of drug-likeness (QED) is 0.569. The normalized spacial score (nSPS) is 12.2. The van der Waals surface area contributed by atoms with E-state index in [1.807, 2.05) is 6.92 Å². The third-order valence-corrected chi connectivity index (χ3v) is 5.16. The van der Waals surface area contributed by atoms with Gasteiger partial charge in [-0.25, -0.2) is 9.36 Å². The number of hydrogen-bond donors (Lipinski definition) is 3. The highest BCUT2D eigenvalue weighted by atomic mass is 16.3. The van der Waals surface area contributed by atoms with Crippen molar-refractivity contribution in [1.29, 1.82) is 0 Å². The number of hydrogen-bond acceptors (Lipinski definition) is 7. The van der Waals surface area contributed by atoms with Crippen molar-refractivity contribution in [3.8, 4) is 5.75 Å². The van der Waals surface area contributed by atoms with Crippen molar-refractivity contribution in [2.75, 3.05) is 24.7 Å². The number of aryl methyl sites for hydroxylation is 1. The second-order valence-corrected chi connectivity index (χ2v) is 8.42.